The standard InChI is InChI=1S/C14H15NO2/c15-12-8-4-5-9-14(12,13(16)17)10-11-6-2-1-3-7-11/h1-9,12H,10,15H2,(H,16,17). The Bertz CT molecular complexity index is 464. The molecule has 1 aliphatic carbocycles. The zero-order valence-electron chi connectivity index (χ0n) is 9.41. The van der Waals surface area contributed by atoms with Crippen LogP contribution in [0.25, 0.3) is 0 Å². The topological polar surface area (TPSA) is 63.3 Å². The number of hydrogen-bond donors (Lipinski definition) is 2. The van der Waals surface area contributed by atoms with E-state index in [0.717, 1.165) is 5.56 Å². The van der Waals surface area contributed by atoms with Crippen molar-refractivity contribution in [2.45, 2.75) is 12.5 Å². The molecule has 0 spiro atoms. The number of hydrogen-bond acceptors (Lipinski definition) is 2. The molecule has 2 atom stereocenters. The molecular weight excluding hydrogens is 214 g/mol. The molecule has 88 valence electrons. The van der Waals surface area contributed by atoms with Gasteiger partial charge in [-0.1, -0.05) is 54.6 Å². The normalized spacial score (nSPS) is 27.0. The molecule has 3 heteroatoms. The van der Waals surface area contributed by atoms with E-state index in [2.05, 4.69) is 0 Å². The lowest BCUT2D eigenvalue weighted by atomic mass is 9.73. The molecule has 0 radical (unpaired) electrons. The molecular formula is C14H15NO2. The van der Waals surface area contributed by atoms with Crippen molar-refractivity contribution < 1.29 is 9.90 Å². The Hall–Kier alpha value is -1.87. The van der Waals surface area contributed by atoms with E-state index in [9.17, 15) is 9.90 Å². The van der Waals surface area contributed by atoms with Crippen LogP contribution in [0.15, 0.2) is 54.6 Å². The molecule has 1 aromatic carbocycles. The third kappa shape index (κ3) is 2.15. The van der Waals surface area contributed by atoms with Crippen LogP contribution < -0.4 is 5.73 Å². The minimum atomic E-state index is -1.03. The molecule has 0 fully saturated rings. The summed E-state index contributed by atoms with van der Waals surface area (Å²) >= 11 is 0. The molecule has 0 bridgehead atoms. The zero-order chi connectivity index (χ0) is 12.3. The maximum Gasteiger partial charge on any atom is 0.315 e. The van der Waals surface area contributed by atoms with E-state index in [4.69, 9.17) is 5.73 Å². The van der Waals surface area contributed by atoms with Crippen LogP contribution in [-0.2, 0) is 11.2 Å². The van der Waals surface area contributed by atoms with E-state index >= 15 is 0 Å². The first-order chi connectivity index (χ1) is 8.15. The van der Waals surface area contributed by atoms with Gasteiger partial charge in [0.05, 0.1) is 0 Å². The number of allylic oxidation sites excluding steroid dienone is 2. The van der Waals surface area contributed by atoms with E-state index in [0.29, 0.717) is 6.42 Å². The highest BCUT2D eigenvalue weighted by atomic mass is 16.4. The largest absolute Gasteiger partial charge is 0.481 e. The van der Waals surface area contributed by atoms with Gasteiger partial charge in [-0.15, -0.1) is 0 Å². The van der Waals surface area contributed by atoms with Crippen molar-refractivity contribution in [2.24, 2.45) is 11.1 Å². The Morgan fingerprint density at radius 2 is 2.00 bits per heavy atom. The van der Waals surface area contributed by atoms with Crippen LogP contribution >= 0.6 is 0 Å². The van der Waals surface area contributed by atoms with Crippen LogP contribution in [0.4, 0.5) is 0 Å². The van der Waals surface area contributed by atoms with Crippen molar-refractivity contribution in [3.63, 3.8) is 0 Å². The average Bonchev–Trinajstić information content (AvgIpc) is 2.33. The molecule has 1 aliphatic rings. The van der Waals surface area contributed by atoms with E-state index in [1.54, 1.807) is 24.3 Å². The first-order valence-electron chi connectivity index (χ1n) is 5.54. The van der Waals surface area contributed by atoms with Gasteiger partial charge in [-0.3, -0.25) is 4.79 Å². The summed E-state index contributed by atoms with van der Waals surface area (Å²) in [5, 5.41) is 9.46. The Morgan fingerprint density at radius 3 is 2.59 bits per heavy atom. The second-order valence-electron chi connectivity index (χ2n) is 4.28. The van der Waals surface area contributed by atoms with Gasteiger partial charge in [0.1, 0.15) is 5.41 Å². The summed E-state index contributed by atoms with van der Waals surface area (Å²) in [7, 11) is 0. The fourth-order valence-electron chi connectivity index (χ4n) is 2.09. The molecule has 0 heterocycles. The number of benzene rings is 1. The third-order valence-electron chi connectivity index (χ3n) is 3.16. The van der Waals surface area contributed by atoms with E-state index < -0.39 is 17.4 Å². The summed E-state index contributed by atoms with van der Waals surface area (Å²) in [5.41, 5.74) is 5.89. The maximum atomic E-state index is 11.5. The predicted octanol–water partition coefficient (Wildman–Crippen LogP) is 1.75. The molecule has 2 unspecified atom stereocenters. The third-order valence-corrected chi connectivity index (χ3v) is 3.16. The van der Waals surface area contributed by atoms with Crippen molar-refractivity contribution in [3.05, 3.63) is 60.2 Å². The molecule has 0 aromatic heterocycles. The molecule has 0 saturated heterocycles. The summed E-state index contributed by atoms with van der Waals surface area (Å²) in [6.07, 6.45) is 7.37. The second-order valence-corrected chi connectivity index (χ2v) is 4.28. The van der Waals surface area contributed by atoms with E-state index in [1.165, 1.54) is 0 Å². The minimum Gasteiger partial charge on any atom is -0.481 e. The zero-order valence-corrected chi connectivity index (χ0v) is 9.41. The lowest BCUT2D eigenvalue weighted by molar-refractivity contribution is -0.146. The summed E-state index contributed by atoms with van der Waals surface area (Å²) in [5.74, 6) is -0.880. The molecule has 0 aliphatic heterocycles. The highest BCUT2D eigenvalue weighted by molar-refractivity contribution is 5.79. The number of nitrogens with two attached hydrogens (primary N) is 1. The fourth-order valence-corrected chi connectivity index (χ4v) is 2.09. The van der Waals surface area contributed by atoms with Crippen LogP contribution in [0.2, 0.25) is 0 Å². The maximum absolute atomic E-state index is 11.5. The molecule has 3 nitrogen and oxygen atoms in total. The number of rotatable bonds is 3. The number of aliphatic carboxylic acids is 1. The van der Waals surface area contributed by atoms with Crippen molar-refractivity contribution >= 4 is 5.97 Å². The number of carbonyl (C=O) groups is 1. The predicted molar refractivity (Wildman–Crippen MR) is 66.5 cm³/mol. The second kappa shape index (κ2) is 4.55. The van der Waals surface area contributed by atoms with Crippen molar-refractivity contribution in [2.75, 3.05) is 0 Å². The minimum absolute atomic E-state index is 0.408. The van der Waals surface area contributed by atoms with Crippen molar-refractivity contribution in [1.82, 2.24) is 0 Å². The van der Waals surface area contributed by atoms with Gasteiger partial charge in [-0.2, -0.15) is 0 Å². The Morgan fingerprint density at radius 1 is 1.29 bits per heavy atom. The molecule has 0 saturated carbocycles. The van der Waals surface area contributed by atoms with Crippen LogP contribution in [0.1, 0.15) is 5.56 Å². The Balaban J connectivity index is 2.33. The average molecular weight is 229 g/mol. The Labute approximate surface area is 100 Å². The summed E-state index contributed by atoms with van der Waals surface area (Å²) in [6, 6.07) is 9.06. The smallest absolute Gasteiger partial charge is 0.315 e. The fraction of sp³-hybridized carbons (Fsp3) is 0.214. The monoisotopic (exact) mass is 229 g/mol. The summed E-state index contributed by atoms with van der Waals surface area (Å²) in [6.45, 7) is 0. The van der Waals surface area contributed by atoms with Gasteiger partial charge >= 0.3 is 5.97 Å². The van der Waals surface area contributed by atoms with Gasteiger partial charge in [0, 0.05) is 6.04 Å². The molecule has 3 N–H and O–H groups in total. The van der Waals surface area contributed by atoms with Gasteiger partial charge in [-0.05, 0) is 12.0 Å². The number of carboxylic acids is 1. The SMILES string of the molecule is NC1C=CC=CC1(Cc1ccccc1)C(=O)O. The molecule has 0 amide bonds. The van der Waals surface area contributed by atoms with Gasteiger partial charge in [0.15, 0.2) is 0 Å². The van der Waals surface area contributed by atoms with Gasteiger partial charge in [0.25, 0.3) is 0 Å². The quantitative estimate of drug-likeness (QED) is 0.830. The lowest BCUT2D eigenvalue weighted by Crippen LogP contribution is -2.47. The number of carboxylic acid groups (broad SMARTS) is 1. The summed E-state index contributed by atoms with van der Waals surface area (Å²) < 4.78 is 0. The van der Waals surface area contributed by atoms with Crippen molar-refractivity contribution in [3.8, 4) is 0 Å². The molecule has 1 aromatic rings. The van der Waals surface area contributed by atoms with Gasteiger partial charge in [0.2, 0.25) is 0 Å². The highest BCUT2D eigenvalue weighted by Gasteiger charge is 2.41. The van der Waals surface area contributed by atoms with Crippen LogP contribution in [0, 0.1) is 5.41 Å². The van der Waals surface area contributed by atoms with Crippen LogP contribution in [-0.4, -0.2) is 17.1 Å². The molecule has 17 heavy (non-hydrogen) atoms. The van der Waals surface area contributed by atoms with Crippen molar-refractivity contribution in [1.29, 1.82) is 0 Å². The van der Waals surface area contributed by atoms with Gasteiger partial charge in [-0.25, -0.2) is 0 Å². The highest BCUT2D eigenvalue weighted by Crippen LogP contribution is 2.31. The van der Waals surface area contributed by atoms with Crippen LogP contribution in [0.3, 0.4) is 0 Å². The van der Waals surface area contributed by atoms with E-state index in [1.807, 2.05) is 30.3 Å². The van der Waals surface area contributed by atoms with Gasteiger partial charge < -0.3 is 10.8 Å². The Kier molecular flexibility index (Phi) is 3.11. The first kappa shape index (κ1) is 11.6. The van der Waals surface area contributed by atoms with E-state index in [-0.39, 0.29) is 0 Å². The molecule has 2 rings (SSSR count). The first-order valence-corrected chi connectivity index (χ1v) is 5.54. The lowest BCUT2D eigenvalue weighted by Gasteiger charge is -2.32. The van der Waals surface area contributed by atoms with Crippen LogP contribution in [0.5, 0.6) is 0 Å². The summed E-state index contributed by atoms with van der Waals surface area (Å²) in [4.78, 5) is 11.5.